The molecule has 6 heteroatoms. The Morgan fingerprint density at radius 1 is 0.198 bits per heavy atom. The van der Waals surface area contributed by atoms with Crippen molar-refractivity contribution in [2.24, 2.45) is 0 Å². The molecule has 0 saturated heterocycles. The van der Waals surface area contributed by atoms with E-state index in [9.17, 15) is 0 Å². The van der Waals surface area contributed by atoms with E-state index in [2.05, 4.69) is 322 Å². The molecule has 4 heterocycles. The third kappa shape index (κ3) is 10.3. The number of hydrogen-bond acceptors (Lipinski definition) is 4. The van der Waals surface area contributed by atoms with Gasteiger partial charge in [-0.25, -0.2) is 19.9 Å². The van der Waals surface area contributed by atoms with Crippen LogP contribution in [0.4, 0.5) is 0 Å². The molecule has 17 rings (SSSR count). The summed E-state index contributed by atoms with van der Waals surface area (Å²) in [7, 11) is 0. The van der Waals surface area contributed by atoms with Gasteiger partial charge in [0.2, 0.25) is 0 Å². The quantitative estimate of drug-likeness (QED) is 0.122. The number of aromatic nitrogens is 6. The molecule has 0 N–H and O–H groups in total. The van der Waals surface area contributed by atoms with E-state index in [1.54, 1.807) is 0 Å². The van der Waals surface area contributed by atoms with Crippen LogP contribution >= 0.6 is 0 Å². The van der Waals surface area contributed by atoms with Crippen molar-refractivity contribution in [3.63, 3.8) is 0 Å². The van der Waals surface area contributed by atoms with Gasteiger partial charge in [0.15, 0.2) is 11.6 Å². The van der Waals surface area contributed by atoms with Crippen LogP contribution in [0.2, 0.25) is 0 Å². The van der Waals surface area contributed by atoms with E-state index in [0.29, 0.717) is 11.6 Å². The zero-order valence-electron chi connectivity index (χ0n) is 53.7. The number of fused-ring (bicyclic) bond motifs is 6. The smallest absolute Gasteiger partial charge is 0.160 e. The Hall–Kier alpha value is -12.4. The fourth-order valence-corrected chi connectivity index (χ4v) is 14.2. The van der Waals surface area contributed by atoms with Crippen LogP contribution in [0.3, 0.4) is 0 Å². The van der Waals surface area contributed by atoms with E-state index in [-0.39, 0.29) is 0 Å². The van der Waals surface area contributed by atoms with Gasteiger partial charge in [-0.1, -0.05) is 247 Å². The fourth-order valence-electron chi connectivity index (χ4n) is 14.2. The summed E-state index contributed by atoms with van der Waals surface area (Å²) in [5.41, 5.74) is 29.2. The normalized spacial score (nSPS) is 11.5. The lowest BCUT2D eigenvalue weighted by molar-refractivity contribution is 1.18. The average Bonchev–Trinajstić information content (AvgIpc) is 1.50. The molecule has 454 valence electrons. The van der Waals surface area contributed by atoms with E-state index >= 15 is 0 Å². The third-order valence-corrected chi connectivity index (χ3v) is 18.8. The van der Waals surface area contributed by atoms with Crippen molar-refractivity contribution < 1.29 is 0 Å². The fraction of sp³-hybridized carbons (Fsp3) is 0.0444. The zero-order valence-corrected chi connectivity index (χ0v) is 53.7. The van der Waals surface area contributed by atoms with E-state index < -0.39 is 0 Å². The Balaban J connectivity index is 0.993. The molecule has 13 aromatic carbocycles. The molecule has 0 aliphatic carbocycles. The lowest BCUT2D eigenvalue weighted by Crippen LogP contribution is -2.02. The third-order valence-electron chi connectivity index (χ3n) is 18.8. The minimum Gasteiger partial charge on any atom is -0.309 e. The number of benzene rings is 13. The van der Waals surface area contributed by atoms with Gasteiger partial charge in [0.25, 0.3) is 0 Å². The van der Waals surface area contributed by atoms with Crippen LogP contribution in [-0.2, 0) is 0 Å². The van der Waals surface area contributed by atoms with Crippen LogP contribution in [0.15, 0.2) is 315 Å². The first-order chi connectivity index (χ1) is 47.2. The highest BCUT2D eigenvalue weighted by molar-refractivity contribution is 6.12. The molecule has 17 aromatic rings. The second-order valence-corrected chi connectivity index (χ2v) is 25.2. The number of aryl methyl sites for hydroxylation is 4. The maximum absolute atomic E-state index is 5.55. The van der Waals surface area contributed by atoms with Crippen LogP contribution in [0.1, 0.15) is 22.3 Å². The highest BCUT2D eigenvalue weighted by Crippen LogP contribution is 2.50. The van der Waals surface area contributed by atoms with Crippen LogP contribution in [0.25, 0.3) is 167 Å². The summed E-state index contributed by atoms with van der Waals surface area (Å²) in [5.74, 6) is 1.32. The first-order valence-electron chi connectivity index (χ1n) is 32.8. The van der Waals surface area contributed by atoms with Gasteiger partial charge in [-0.05, 0) is 152 Å². The summed E-state index contributed by atoms with van der Waals surface area (Å²) >= 11 is 0. The van der Waals surface area contributed by atoms with Crippen LogP contribution in [-0.4, -0.2) is 29.1 Å². The summed E-state index contributed by atoms with van der Waals surface area (Å²) in [4.78, 5) is 21.5. The van der Waals surface area contributed by atoms with Gasteiger partial charge < -0.3 is 9.13 Å². The van der Waals surface area contributed by atoms with Gasteiger partial charge in [0, 0.05) is 66.1 Å². The first kappa shape index (κ1) is 57.5. The summed E-state index contributed by atoms with van der Waals surface area (Å²) in [5, 5.41) is 4.88. The number of rotatable bonds is 12. The molecule has 0 unspecified atom stereocenters. The predicted octanol–water partition coefficient (Wildman–Crippen LogP) is 23.4. The zero-order chi connectivity index (χ0) is 64.4. The van der Waals surface area contributed by atoms with E-state index in [0.717, 1.165) is 134 Å². The average molecular weight is 1230 g/mol. The second kappa shape index (κ2) is 23.9. The van der Waals surface area contributed by atoms with Gasteiger partial charge in [0.05, 0.1) is 56.2 Å². The molecular formula is C90H64N6. The van der Waals surface area contributed by atoms with Crippen LogP contribution < -0.4 is 0 Å². The minimum absolute atomic E-state index is 0.654. The SMILES string of the molecule is Cc1ccc2c(c1)c1cc(C)ccc1n2-c1ccccc1-c1cc(-c2ccccc2-c2cc(-c3ccccc3)nc(-c3ccccc3)n2)c(-c2ccccc2-n2c3ccc(C)cc3c3cc(C)ccc32)cc1-c1cccc(-c2cc(-c3ccccc3)nc(-c3ccccc3)n2)c1. The predicted molar refractivity (Wildman–Crippen MR) is 400 cm³/mol. The number of para-hydroxylation sites is 2. The van der Waals surface area contributed by atoms with Crippen LogP contribution in [0, 0.1) is 27.7 Å². The first-order valence-corrected chi connectivity index (χ1v) is 32.8. The monoisotopic (exact) mass is 1230 g/mol. The summed E-state index contributed by atoms with van der Waals surface area (Å²) in [6.07, 6.45) is 0. The summed E-state index contributed by atoms with van der Waals surface area (Å²) < 4.78 is 4.96. The van der Waals surface area contributed by atoms with E-state index in [1.807, 2.05) is 30.3 Å². The molecule has 0 radical (unpaired) electrons. The number of hydrogen-bond donors (Lipinski definition) is 0. The molecule has 0 spiro atoms. The van der Waals surface area contributed by atoms with Crippen molar-refractivity contribution in [1.29, 1.82) is 0 Å². The number of nitrogens with zero attached hydrogens (tertiary/aromatic N) is 6. The molecular weight excluding hydrogens is 1170 g/mol. The molecule has 6 nitrogen and oxygen atoms in total. The second-order valence-electron chi connectivity index (χ2n) is 25.2. The lowest BCUT2D eigenvalue weighted by Gasteiger charge is -2.23. The molecule has 4 aromatic heterocycles. The molecule has 0 atom stereocenters. The lowest BCUT2D eigenvalue weighted by atomic mass is 9.83. The van der Waals surface area contributed by atoms with Crippen molar-refractivity contribution in [2.75, 3.05) is 0 Å². The Morgan fingerprint density at radius 2 is 0.510 bits per heavy atom. The highest BCUT2D eigenvalue weighted by atomic mass is 15.0. The Labute approximate surface area is 558 Å². The molecule has 0 saturated carbocycles. The Bertz CT molecular complexity index is 5630. The summed E-state index contributed by atoms with van der Waals surface area (Å²) in [6, 6.07) is 114. The van der Waals surface area contributed by atoms with E-state index in [4.69, 9.17) is 19.9 Å². The van der Waals surface area contributed by atoms with Crippen molar-refractivity contribution in [3.05, 3.63) is 338 Å². The molecule has 0 aliphatic rings. The van der Waals surface area contributed by atoms with Gasteiger partial charge in [0.1, 0.15) is 0 Å². The van der Waals surface area contributed by atoms with Crippen molar-refractivity contribution in [2.45, 2.75) is 27.7 Å². The maximum Gasteiger partial charge on any atom is 0.160 e. The van der Waals surface area contributed by atoms with Crippen molar-refractivity contribution in [1.82, 2.24) is 29.1 Å². The molecule has 0 aliphatic heterocycles. The topological polar surface area (TPSA) is 61.4 Å². The minimum atomic E-state index is 0.654. The van der Waals surface area contributed by atoms with Crippen molar-refractivity contribution in [3.8, 4) is 124 Å². The molecule has 0 amide bonds. The largest absolute Gasteiger partial charge is 0.309 e. The van der Waals surface area contributed by atoms with Crippen LogP contribution in [0.5, 0.6) is 0 Å². The highest BCUT2D eigenvalue weighted by Gasteiger charge is 2.26. The Kier molecular flexibility index (Phi) is 14.3. The molecule has 96 heavy (non-hydrogen) atoms. The Morgan fingerprint density at radius 3 is 0.958 bits per heavy atom. The van der Waals surface area contributed by atoms with Gasteiger partial charge in [-0.2, -0.15) is 0 Å². The molecule has 0 bridgehead atoms. The summed E-state index contributed by atoms with van der Waals surface area (Å²) in [6.45, 7) is 8.75. The van der Waals surface area contributed by atoms with Gasteiger partial charge in [-0.3, -0.25) is 0 Å². The van der Waals surface area contributed by atoms with Gasteiger partial charge >= 0.3 is 0 Å². The maximum atomic E-state index is 5.55. The van der Waals surface area contributed by atoms with E-state index in [1.165, 1.54) is 43.8 Å². The standard InChI is InChI=1S/C90H64N6/c1-57-40-44-85-75(48-57)76-49-58(2)41-45-86(76)95(85)83-38-21-19-36-69(83)73-54-72(67-34-17-18-35-68(67)82-56-80(62-26-11-6-12-27-62)92-90(94-82)64-30-15-8-16-31-64)74(70-37-20-22-39-84(70)96-87-46-42-59(3)50-77(87)78-51-60(4)43-47-88(78)96)53-71(73)65-32-23-33-66(52-65)81-55-79(61-24-9-5-10-25-61)91-89(93-81)63-28-13-7-14-29-63/h5-56H,1-4H3. The molecule has 0 fully saturated rings. The van der Waals surface area contributed by atoms with Crippen molar-refractivity contribution >= 4 is 43.6 Å². The van der Waals surface area contributed by atoms with Gasteiger partial charge in [-0.15, -0.1) is 0 Å².